The average molecular weight is 271 g/mol. The van der Waals surface area contributed by atoms with Crippen molar-refractivity contribution >= 4 is 23.2 Å². The van der Waals surface area contributed by atoms with E-state index in [1.54, 1.807) is 12.5 Å². The van der Waals surface area contributed by atoms with E-state index in [1.165, 1.54) is 11.3 Å². The van der Waals surface area contributed by atoms with Gasteiger partial charge in [0, 0.05) is 19.1 Å². The molecule has 100 valence electrons. The molecule has 1 aromatic rings. The van der Waals surface area contributed by atoms with Gasteiger partial charge in [-0.05, 0) is 30.7 Å². The van der Waals surface area contributed by atoms with Crippen LogP contribution in [0.5, 0.6) is 0 Å². The lowest BCUT2D eigenvalue weighted by molar-refractivity contribution is -0.139. The molecule has 1 aromatic heterocycles. The summed E-state index contributed by atoms with van der Waals surface area (Å²) in [5.41, 5.74) is 1.40. The van der Waals surface area contributed by atoms with Gasteiger partial charge in [-0.15, -0.1) is 0 Å². The standard InChI is InChI=1S/C12H17NO4S/c1-8-6-18-7-9(8)11(14)13-10(12(15)16)4-3-5-17-2/h6-7,10H,3-5H2,1-2H3,(H,13,14)(H,15,16). The number of thiophene rings is 1. The Labute approximate surface area is 110 Å². The minimum atomic E-state index is -1.02. The molecular weight excluding hydrogens is 254 g/mol. The zero-order chi connectivity index (χ0) is 13.5. The number of amides is 1. The Bertz CT molecular complexity index is 416. The van der Waals surface area contributed by atoms with Crippen LogP contribution in [0.15, 0.2) is 10.8 Å². The highest BCUT2D eigenvalue weighted by Gasteiger charge is 2.21. The van der Waals surface area contributed by atoms with E-state index >= 15 is 0 Å². The van der Waals surface area contributed by atoms with Gasteiger partial charge in [-0.1, -0.05) is 0 Å². The number of ether oxygens (including phenoxy) is 1. The number of aryl methyl sites for hydroxylation is 1. The van der Waals surface area contributed by atoms with Gasteiger partial charge in [0.1, 0.15) is 6.04 Å². The van der Waals surface area contributed by atoms with Crippen molar-refractivity contribution < 1.29 is 19.4 Å². The Morgan fingerprint density at radius 2 is 2.22 bits per heavy atom. The van der Waals surface area contributed by atoms with Crippen LogP contribution in [0.25, 0.3) is 0 Å². The molecule has 0 radical (unpaired) electrons. The van der Waals surface area contributed by atoms with Gasteiger partial charge < -0.3 is 15.2 Å². The maximum Gasteiger partial charge on any atom is 0.326 e. The van der Waals surface area contributed by atoms with Crippen LogP contribution in [0.1, 0.15) is 28.8 Å². The highest BCUT2D eigenvalue weighted by molar-refractivity contribution is 7.08. The van der Waals surface area contributed by atoms with E-state index in [0.717, 1.165) is 5.56 Å². The van der Waals surface area contributed by atoms with Crippen LogP contribution in [0, 0.1) is 6.92 Å². The van der Waals surface area contributed by atoms with Gasteiger partial charge in [0.2, 0.25) is 0 Å². The molecule has 0 fully saturated rings. The van der Waals surface area contributed by atoms with Crippen molar-refractivity contribution in [3.63, 3.8) is 0 Å². The van der Waals surface area contributed by atoms with Crippen LogP contribution < -0.4 is 5.32 Å². The first kappa shape index (κ1) is 14.7. The van der Waals surface area contributed by atoms with Gasteiger partial charge in [-0.25, -0.2) is 4.79 Å². The number of rotatable bonds is 7. The van der Waals surface area contributed by atoms with Crippen molar-refractivity contribution in [2.45, 2.75) is 25.8 Å². The van der Waals surface area contributed by atoms with Crippen LogP contribution >= 0.6 is 11.3 Å². The Morgan fingerprint density at radius 1 is 1.50 bits per heavy atom. The molecule has 1 unspecified atom stereocenters. The number of hydrogen-bond donors (Lipinski definition) is 2. The molecule has 1 rings (SSSR count). The maximum absolute atomic E-state index is 11.9. The summed E-state index contributed by atoms with van der Waals surface area (Å²) in [5.74, 6) is -1.36. The monoisotopic (exact) mass is 271 g/mol. The topological polar surface area (TPSA) is 75.6 Å². The second kappa shape index (κ2) is 7.13. The normalized spacial score (nSPS) is 12.1. The second-order valence-electron chi connectivity index (χ2n) is 3.97. The van der Waals surface area contributed by atoms with Crippen LogP contribution in [0.3, 0.4) is 0 Å². The number of carboxylic acid groups (broad SMARTS) is 1. The fourth-order valence-corrected chi connectivity index (χ4v) is 2.35. The van der Waals surface area contributed by atoms with Gasteiger partial charge in [0.15, 0.2) is 0 Å². The number of carbonyl (C=O) groups is 2. The summed E-state index contributed by atoms with van der Waals surface area (Å²) in [6.45, 7) is 2.31. The summed E-state index contributed by atoms with van der Waals surface area (Å²) in [6, 6.07) is -0.869. The first-order valence-corrected chi connectivity index (χ1v) is 6.56. The number of hydrogen-bond acceptors (Lipinski definition) is 4. The summed E-state index contributed by atoms with van der Waals surface area (Å²) >= 11 is 1.42. The predicted octanol–water partition coefficient (Wildman–Crippen LogP) is 1.67. The van der Waals surface area contributed by atoms with E-state index in [-0.39, 0.29) is 5.91 Å². The Morgan fingerprint density at radius 3 is 2.72 bits per heavy atom. The van der Waals surface area contributed by atoms with Crippen LogP contribution in [-0.2, 0) is 9.53 Å². The molecule has 0 aliphatic carbocycles. The van der Waals surface area contributed by atoms with Crippen molar-refractivity contribution in [3.05, 3.63) is 21.9 Å². The van der Waals surface area contributed by atoms with E-state index < -0.39 is 12.0 Å². The van der Waals surface area contributed by atoms with Crippen LogP contribution in [0.4, 0.5) is 0 Å². The minimum absolute atomic E-state index is 0.335. The molecule has 6 heteroatoms. The lowest BCUT2D eigenvalue weighted by atomic mass is 10.1. The number of aliphatic carboxylic acids is 1. The number of methoxy groups -OCH3 is 1. The van der Waals surface area contributed by atoms with E-state index in [0.29, 0.717) is 25.0 Å². The molecule has 0 aliphatic heterocycles. The third-order valence-corrected chi connectivity index (χ3v) is 3.41. The number of carboxylic acids is 1. The molecule has 1 amide bonds. The van der Waals surface area contributed by atoms with Gasteiger partial charge in [0.25, 0.3) is 5.91 Å². The van der Waals surface area contributed by atoms with Crippen LogP contribution in [0.2, 0.25) is 0 Å². The molecule has 5 nitrogen and oxygen atoms in total. The van der Waals surface area contributed by atoms with Gasteiger partial charge in [-0.3, -0.25) is 4.79 Å². The van der Waals surface area contributed by atoms with Crippen molar-refractivity contribution in [3.8, 4) is 0 Å². The average Bonchev–Trinajstić information content (AvgIpc) is 2.74. The fraction of sp³-hybridized carbons (Fsp3) is 0.500. The van der Waals surface area contributed by atoms with Crippen molar-refractivity contribution in [1.29, 1.82) is 0 Å². The molecule has 0 saturated heterocycles. The third-order valence-electron chi connectivity index (χ3n) is 2.54. The van der Waals surface area contributed by atoms with Crippen LogP contribution in [-0.4, -0.2) is 36.7 Å². The number of carbonyl (C=O) groups excluding carboxylic acids is 1. The van der Waals surface area contributed by atoms with E-state index in [1.807, 2.05) is 12.3 Å². The second-order valence-corrected chi connectivity index (χ2v) is 4.71. The molecule has 2 N–H and O–H groups in total. The highest BCUT2D eigenvalue weighted by Crippen LogP contribution is 2.13. The first-order valence-electron chi connectivity index (χ1n) is 5.61. The molecule has 18 heavy (non-hydrogen) atoms. The molecule has 0 aromatic carbocycles. The molecule has 0 spiro atoms. The lowest BCUT2D eigenvalue weighted by Crippen LogP contribution is -2.41. The molecule has 1 heterocycles. The minimum Gasteiger partial charge on any atom is -0.480 e. The van der Waals surface area contributed by atoms with Gasteiger partial charge in [-0.2, -0.15) is 11.3 Å². The zero-order valence-electron chi connectivity index (χ0n) is 10.4. The Kier molecular flexibility index (Phi) is 5.80. The van der Waals surface area contributed by atoms with Crippen molar-refractivity contribution in [2.24, 2.45) is 0 Å². The smallest absolute Gasteiger partial charge is 0.326 e. The van der Waals surface area contributed by atoms with Crippen molar-refractivity contribution in [1.82, 2.24) is 5.32 Å². The summed E-state index contributed by atoms with van der Waals surface area (Å²) in [7, 11) is 1.56. The Hall–Kier alpha value is -1.40. The van der Waals surface area contributed by atoms with Gasteiger partial charge in [0.05, 0.1) is 5.56 Å². The summed E-state index contributed by atoms with van der Waals surface area (Å²) < 4.78 is 4.86. The molecule has 0 aliphatic rings. The quantitative estimate of drug-likeness (QED) is 0.740. The SMILES string of the molecule is COCCCC(NC(=O)c1cscc1C)C(=O)O. The largest absolute Gasteiger partial charge is 0.480 e. The maximum atomic E-state index is 11.9. The molecule has 0 bridgehead atoms. The van der Waals surface area contributed by atoms with E-state index in [2.05, 4.69) is 5.32 Å². The predicted molar refractivity (Wildman–Crippen MR) is 69.1 cm³/mol. The highest BCUT2D eigenvalue weighted by atomic mass is 32.1. The number of nitrogens with one attached hydrogen (secondary N) is 1. The summed E-state index contributed by atoms with van der Waals surface area (Å²) in [6.07, 6.45) is 0.953. The van der Waals surface area contributed by atoms with E-state index in [4.69, 9.17) is 9.84 Å². The van der Waals surface area contributed by atoms with E-state index in [9.17, 15) is 9.59 Å². The molecule has 0 saturated carbocycles. The lowest BCUT2D eigenvalue weighted by Gasteiger charge is -2.14. The van der Waals surface area contributed by atoms with Gasteiger partial charge >= 0.3 is 5.97 Å². The molecule has 1 atom stereocenters. The zero-order valence-corrected chi connectivity index (χ0v) is 11.3. The summed E-state index contributed by atoms with van der Waals surface area (Å²) in [4.78, 5) is 22.9. The summed E-state index contributed by atoms with van der Waals surface area (Å²) in [5, 5.41) is 15.1. The third kappa shape index (κ3) is 4.12. The fourth-order valence-electron chi connectivity index (χ4n) is 1.52. The molecular formula is C12H17NO4S. The first-order chi connectivity index (χ1) is 8.56. The Balaban J connectivity index is 2.58. The van der Waals surface area contributed by atoms with Crippen molar-refractivity contribution in [2.75, 3.05) is 13.7 Å².